The number of furan rings is 1. The van der Waals surface area contributed by atoms with E-state index in [1.54, 1.807) is 48.8 Å². The van der Waals surface area contributed by atoms with Crippen LogP contribution in [0.15, 0.2) is 73.3 Å². The number of thiazole rings is 1. The summed E-state index contributed by atoms with van der Waals surface area (Å²) >= 11 is 14.9. The predicted molar refractivity (Wildman–Crippen MR) is 139 cm³/mol. The Balaban J connectivity index is 1.61. The SMILES string of the molecule is CCOC(=O)C1=C(C)N=c2s/c(=C\c3ccc(-c4ccc(Cl)c(Cl)c4)o3)c(=O)n2C1c1cccs1. The summed E-state index contributed by atoms with van der Waals surface area (Å²) < 4.78 is 13.3. The van der Waals surface area contributed by atoms with E-state index < -0.39 is 12.0 Å². The monoisotopic (exact) mass is 544 g/mol. The molecular formula is C25H18Cl2N2O4S2. The molecule has 0 bridgehead atoms. The number of aromatic nitrogens is 1. The molecule has 4 aromatic rings. The molecule has 0 amide bonds. The second-order valence-electron chi connectivity index (χ2n) is 7.65. The smallest absolute Gasteiger partial charge is 0.338 e. The van der Waals surface area contributed by atoms with Crippen molar-refractivity contribution in [2.75, 3.05) is 6.61 Å². The van der Waals surface area contributed by atoms with Crippen LogP contribution in [0.3, 0.4) is 0 Å². The van der Waals surface area contributed by atoms with Crippen LogP contribution in [0.25, 0.3) is 17.4 Å². The van der Waals surface area contributed by atoms with Gasteiger partial charge in [0.05, 0.1) is 32.5 Å². The minimum absolute atomic E-state index is 0.233. The van der Waals surface area contributed by atoms with Crippen molar-refractivity contribution >= 4 is 57.9 Å². The van der Waals surface area contributed by atoms with Crippen LogP contribution in [0, 0.1) is 0 Å². The van der Waals surface area contributed by atoms with Crippen LogP contribution >= 0.6 is 45.9 Å². The third-order valence-corrected chi connectivity index (χ3v) is 8.08. The molecule has 0 saturated carbocycles. The summed E-state index contributed by atoms with van der Waals surface area (Å²) in [7, 11) is 0. The molecule has 35 heavy (non-hydrogen) atoms. The summed E-state index contributed by atoms with van der Waals surface area (Å²) in [6.45, 7) is 3.75. The van der Waals surface area contributed by atoms with Gasteiger partial charge in [0.25, 0.3) is 5.56 Å². The molecule has 1 aliphatic heterocycles. The van der Waals surface area contributed by atoms with Crippen molar-refractivity contribution in [3.05, 3.63) is 99.5 Å². The van der Waals surface area contributed by atoms with Gasteiger partial charge in [-0.15, -0.1) is 11.3 Å². The molecule has 10 heteroatoms. The van der Waals surface area contributed by atoms with Gasteiger partial charge in [0.2, 0.25) is 0 Å². The number of benzene rings is 1. The standard InChI is InChI=1S/C25H18Cl2N2O4S2/c1-3-32-24(31)21-13(2)28-25-29(22(21)19-5-4-10-34-19)23(30)20(35-25)12-15-7-9-18(33-15)14-6-8-16(26)17(27)11-14/h4-12,22H,3H2,1-2H3/b20-12-. The highest BCUT2D eigenvalue weighted by molar-refractivity contribution is 7.10. The molecule has 0 saturated heterocycles. The van der Waals surface area contributed by atoms with Crippen molar-refractivity contribution < 1.29 is 13.9 Å². The van der Waals surface area contributed by atoms with E-state index in [4.69, 9.17) is 32.4 Å². The van der Waals surface area contributed by atoms with E-state index in [0.29, 0.717) is 42.2 Å². The van der Waals surface area contributed by atoms with Gasteiger partial charge in [-0.2, -0.15) is 0 Å². The Morgan fingerprint density at radius 1 is 1.23 bits per heavy atom. The molecule has 0 radical (unpaired) electrons. The minimum Gasteiger partial charge on any atom is -0.463 e. The fourth-order valence-corrected chi connectivity index (χ4v) is 6.02. The van der Waals surface area contributed by atoms with Gasteiger partial charge in [-0.1, -0.05) is 40.6 Å². The van der Waals surface area contributed by atoms with Crippen LogP contribution < -0.4 is 14.9 Å². The van der Waals surface area contributed by atoms with E-state index in [0.717, 1.165) is 10.4 Å². The van der Waals surface area contributed by atoms with Gasteiger partial charge in [-0.25, -0.2) is 9.79 Å². The first-order valence-electron chi connectivity index (χ1n) is 10.7. The van der Waals surface area contributed by atoms with Gasteiger partial charge < -0.3 is 9.15 Å². The van der Waals surface area contributed by atoms with Crippen molar-refractivity contribution in [1.82, 2.24) is 4.57 Å². The van der Waals surface area contributed by atoms with Crippen LogP contribution in [0.1, 0.15) is 30.5 Å². The molecule has 0 aliphatic carbocycles. The minimum atomic E-state index is -0.601. The zero-order valence-corrected chi connectivity index (χ0v) is 21.7. The second kappa shape index (κ2) is 9.62. The molecule has 6 nitrogen and oxygen atoms in total. The van der Waals surface area contributed by atoms with E-state index >= 15 is 0 Å². The quantitative estimate of drug-likeness (QED) is 0.314. The summed E-state index contributed by atoms with van der Waals surface area (Å²) in [5.41, 5.74) is 1.42. The van der Waals surface area contributed by atoms with Gasteiger partial charge in [-0.3, -0.25) is 9.36 Å². The molecule has 1 aliphatic rings. The average molecular weight is 545 g/mol. The number of allylic oxidation sites excluding steroid dienone is 1. The van der Waals surface area contributed by atoms with Crippen LogP contribution in [0.4, 0.5) is 0 Å². The topological polar surface area (TPSA) is 73.8 Å². The first kappa shape index (κ1) is 23.8. The van der Waals surface area contributed by atoms with Gasteiger partial charge >= 0.3 is 5.97 Å². The maximum atomic E-state index is 13.6. The van der Waals surface area contributed by atoms with Crippen molar-refractivity contribution in [3.63, 3.8) is 0 Å². The molecular weight excluding hydrogens is 527 g/mol. The maximum Gasteiger partial charge on any atom is 0.338 e. The normalized spacial score (nSPS) is 15.8. The third-order valence-electron chi connectivity index (χ3n) is 5.43. The fraction of sp³-hybridized carbons (Fsp3) is 0.160. The molecule has 1 unspecified atom stereocenters. The summed E-state index contributed by atoms with van der Waals surface area (Å²) in [5, 5.41) is 2.80. The Hall–Kier alpha value is -2.91. The summed E-state index contributed by atoms with van der Waals surface area (Å²) in [4.78, 5) is 32.3. The lowest BCUT2D eigenvalue weighted by Gasteiger charge is -2.23. The Morgan fingerprint density at radius 2 is 2.06 bits per heavy atom. The number of hydrogen-bond acceptors (Lipinski definition) is 7. The highest BCUT2D eigenvalue weighted by Crippen LogP contribution is 2.33. The summed E-state index contributed by atoms with van der Waals surface area (Å²) in [6.07, 6.45) is 1.68. The molecule has 3 aromatic heterocycles. The zero-order valence-electron chi connectivity index (χ0n) is 18.6. The van der Waals surface area contributed by atoms with Crippen molar-refractivity contribution in [3.8, 4) is 11.3 Å². The van der Waals surface area contributed by atoms with Crippen molar-refractivity contribution in [2.45, 2.75) is 19.9 Å². The number of carbonyl (C=O) groups is 1. The highest BCUT2D eigenvalue weighted by Gasteiger charge is 2.33. The maximum absolute atomic E-state index is 13.6. The first-order valence-corrected chi connectivity index (χ1v) is 13.1. The summed E-state index contributed by atoms with van der Waals surface area (Å²) in [6, 6.07) is 12.0. The average Bonchev–Trinajstić information content (AvgIpc) is 3.57. The van der Waals surface area contributed by atoms with Gasteiger partial charge in [0.1, 0.15) is 17.6 Å². The third kappa shape index (κ3) is 4.43. The highest BCUT2D eigenvalue weighted by atomic mass is 35.5. The van der Waals surface area contributed by atoms with Crippen molar-refractivity contribution in [1.29, 1.82) is 0 Å². The molecule has 4 heterocycles. The van der Waals surface area contributed by atoms with E-state index in [1.807, 2.05) is 23.6 Å². The van der Waals surface area contributed by atoms with Crippen LogP contribution in [0.2, 0.25) is 10.0 Å². The molecule has 5 rings (SSSR count). The Labute approximate surface area is 218 Å². The zero-order chi connectivity index (χ0) is 24.7. The van der Waals surface area contributed by atoms with Gasteiger partial charge in [-0.05, 0) is 55.6 Å². The fourth-order valence-electron chi connectivity index (χ4n) is 3.87. The number of carbonyl (C=O) groups excluding carboxylic acids is 1. The van der Waals surface area contributed by atoms with Crippen LogP contribution in [0.5, 0.6) is 0 Å². The molecule has 1 atom stereocenters. The molecule has 0 N–H and O–H groups in total. The lowest BCUT2D eigenvalue weighted by Crippen LogP contribution is -2.39. The molecule has 1 aromatic carbocycles. The second-order valence-corrected chi connectivity index (χ2v) is 10.5. The Bertz CT molecular complexity index is 1640. The van der Waals surface area contributed by atoms with Crippen LogP contribution in [-0.4, -0.2) is 17.1 Å². The van der Waals surface area contributed by atoms with E-state index in [2.05, 4.69) is 4.99 Å². The van der Waals surface area contributed by atoms with Crippen LogP contribution in [-0.2, 0) is 9.53 Å². The largest absolute Gasteiger partial charge is 0.463 e. The number of thiophene rings is 1. The van der Waals surface area contributed by atoms with E-state index in [-0.39, 0.29) is 12.2 Å². The number of nitrogens with zero attached hydrogens (tertiary/aromatic N) is 2. The Kier molecular flexibility index (Phi) is 6.55. The van der Waals surface area contributed by atoms with Gasteiger partial charge in [0, 0.05) is 16.5 Å². The van der Waals surface area contributed by atoms with Gasteiger partial charge in [0.15, 0.2) is 4.80 Å². The first-order chi connectivity index (χ1) is 16.9. The number of esters is 1. The molecule has 178 valence electrons. The number of halogens is 2. The van der Waals surface area contributed by atoms with E-state index in [9.17, 15) is 9.59 Å². The Morgan fingerprint density at radius 3 is 2.77 bits per heavy atom. The number of ether oxygens (including phenoxy) is 1. The predicted octanol–water partition coefficient (Wildman–Crippen LogP) is 5.43. The number of rotatable bonds is 5. The van der Waals surface area contributed by atoms with Crippen molar-refractivity contribution in [2.24, 2.45) is 4.99 Å². The summed E-state index contributed by atoms with van der Waals surface area (Å²) in [5.74, 6) is 0.628. The van der Waals surface area contributed by atoms with E-state index in [1.165, 1.54) is 22.7 Å². The lowest BCUT2D eigenvalue weighted by molar-refractivity contribution is -0.139. The molecule has 0 spiro atoms. The molecule has 0 fully saturated rings. The lowest BCUT2D eigenvalue weighted by atomic mass is 10.0. The number of hydrogen-bond donors (Lipinski definition) is 0. The number of fused-ring (bicyclic) bond motifs is 1.